The number of thioether (sulfide) groups is 1. The van der Waals surface area contributed by atoms with Gasteiger partial charge in [-0.3, -0.25) is 0 Å². The van der Waals surface area contributed by atoms with Gasteiger partial charge in [0.2, 0.25) is 0 Å². The second-order valence-electron chi connectivity index (χ2n) is 3.96. The minimum atomic E-state index is -0.216. The van der Waals surface area contributed by atoms with Crippen molar-refractivity contribution in [1.29, 1.82) is 0 Å². The molecular formula is C13H14FN3S. The third-order valence-electron chi connectivity index (χ3n) is 2.46. The number of aryl methyl sites for hydroxylation is 1. The molecule has 0 unspecified atom stereocenters. The Balaban J connectivity index is 2.07. The first kappa shape index (κ1) is 13.0. The molecule has 0 amide bonds. The molecule has 0 radical (unpaired) electrons. The molecule has 2 N–H and O–H groups in total. The Labute approximate surface area is 110 Å². The Morgan fingerprint density at radius 3 is 2.67 bits per heavy atom. The van der Waals surface area contributed by atoms with Crippen molar-refractivity contribution in [2.75, 3.05) is 0 Å². The molecule has 2 aromatic rings. The molecule has 3 nitrogen and oxygen atoms in total. The molecule has 18 heavy (non-hydrogen) atoms. The average Bonchev–Trinajstić information content (AvgIpc) is 2.40. The lowest BCUT2D eigenvalue weighted by molar-refractivity contribution is 0.616. The summed E-state index contributed by atoms with van der Waals surface area (Å²) < 4.78 is 13.6. The standard InChI is InChI=1S/C13H14FN3S/c1-9-6-16-13(17-7-9)18-8-11-4-10(5-15)2-3-12(11)14/h2-4,6-7H,5,8,15H2,1H3. The first-order chi connectivity index (χ1) is 8.69. The SMILES string of the molecule is Cc1cnc(SCc2cc(CN)ccc2F)nc1. The molecule has 2 rings (SSSR count). The lowest BCUT2D eigenvalue weighted by atomic mass is 10.1. The summed E-state index contributed by atoms with van der Waals surface area (Å²) in [6.07, 6.45) is 3.50. The van der Waals surface area contributed by atoms with Crippen LogP contribution < -0.4 is 5.73 Å². The van der Waals surface area contributed by atoms with Crippen molar-refractivity contribution in [3.8, 4) is 0 Å². The summed E-state index contributed by atoms with van der Waals surface area (Å²) in [5.74, 6) is 0.287. The highest BCUT2D eigenvalue weighted by Crippen LogP contribution is 2.21. The van der Waals surface area contributed by atoms with Gasteiger partial charge in [0.05, 0.1) is 0 Å². The molecule has 0 atom stereocenters. The lowest BCUT2D eigenvalue weighted by Crippen LogP contribution is -1.99. The van der Waals surface area contributed by atoms with Crippen molar-refractivity contribution < 1.29 is 4.39 Å². The van der Waals surface area contributed by atoms with Crippen LogP contribution in [0, 0.1) is 12.7 Å². The van der Waals surface area contributed by atoms with E-state index in [4.69, 9.17) is 5.73 Å². The van der Waals surface area contributed by atoms with Crippen LogP contribution in [0.1, 0.15) is 16.7 Å². The fourth-order valence-corrected chi connectivity index (χ4v) is 2.22. The summed E-state index contributed by atoms with van der Waals surface area (Å²) in [4.78, 5) is 8.34. The van der Waals surface area contributed by atoms with Crippen molar-refractivity contribution in [3.63, 3.8) is 0 Å². The second-order valence-corrected chi connectivity index (χ2v) is 4.90. The number of hydrogen-bond acceptors (Lipinski definition) is 4. The first-order valence-electron chi connectivity index (χ1n) is 5.58. The number of nitrogens with zero attached hydrogens (tertiary/aromatic N) is 2. The molecule has 1 aromatic heterocycles. The van der Waals surface area contributed by atoms with Crippen LogP contribution in [-0.2, 0) is 12.3 Å². The predicted molar refractivity (Wildman–Crippen MR) is 70.6 cm³/mol. The van der Waals surface area contributed by atoms with Gasteiger partial charge in [0.25, 0.3) is 0 Å². The average molecular weight is 263 g/mol. The van der Waals surface area contributed by atoms with Crippen LogP contribution in [0.5, 0.6) is 0 Å². The highest BCUT2D eigenvalue weighted by molar-refractivity contribution is 7.98. The van der Waals surface area contributed by atoms with Crippen LogP contribution in [0.3, 0.4) is 0 Å². The van der Waals surface area contributed by atoms with Crippen LogP contribution in [0.4, 0.5) is 4.39 Å². The summed E-state index contributed by atoms with van der Waals surface area (Å²) in [6.45, 7) is 2.35. The van der Waals surface area contributed by atoms with E-state index in [9.17, 15) is 4.39 Å². The maximum atomic E-state index is 13.6. The smallest absolute Gasteiger partial charge is 0.187 e. The van der Waals surface area contributed by atoms with Gasteiger partial charge in [-0.05, 0) is 29.7 Å². The van der Waals surface area contributed by atoms with Crippen LogP contribution in [0.25, 0.3) is 0 Å². The van der Waals surface area contributed by atoms with E-state index in [2.05, 4.69) is 9.97 Å². The van der Waals surface area contributed by atoms with Gasteiger partial charge in [-0.2, -0.15) is 0 Å². The Morgan fingerprint density at radius 1 is 1.28 bits per heavy atom. The minimum Gasteiger partial charge on any atom is -0.326 e. The van der Waals surface area contributed by atoms with Gasteiger partial charge in [-0.1, -0.05) is 23.9 Å². The maximum absolute atomic E-state index is 13.6. The lowest BCUT2D eigenvalue weighted by Gasteiger charge is -2.05. The number of benzene rings is 1. The fourth-order valence-electron chi connectivity index (χ4n) is 1.46. The summed E-state index contributed by atoms with van der Waals surface area (Å²) in [7, 11) is 0. The van der Waals surface area contributed by atoms with E-state index in [1.54, 1.807) is 24.5 Å². The third kappa shape index (κ3) is 3.27. The molecule has 1 aromatic carbocycles. The van der Waals surface area contributed by atoms with Gasteiger partial charge in [-0.25, -0.2) is 14.4 Å². The molecule has 0 aliphatic heterocycles. The normalized spacial score (nSPS) is 10.6. The molecule has 0 aliphatic carbocycles. The molecule has 94 valence electrons. The van der Waals surface area contributed by atoms with E-state index < -0.39 is 0 Å². The summed E-state index contributed by atoms with van der Waals surface area (Å²) >= 11 is 1.41. The molecule has 0 aliphatic rings. The van der Waals surface area contributed by atoms with Crippen LogP contribution in [-0.4, -0.2) is 9.97 Å². The van der Waals surface area contributed by atoms with Gasteiger partial charge in [0.15, 0.2) is 5.16 Å². The van der Waals surface area contributed by atoms with Gasteiger partial charge in [0, 0.05) is 24.7 Å². The second kappa shape index (κ2) is 5.93. The van der Waals surface area contributed by atoms with Crippen molar-refractivity contribution in [1.82, 2.24) is 9.97 Å². The van der Waals surface area contributed by atoms with Crippen LogP contribution in [0.2, 0.25) is 0 Å². The molecule has 5 heteroatoms. The molecular weight excluding hydrogens is 249 g/mol. The van der Waals surface area contributed by atoms with Crippen molar-refractivity contribution in [2.24, 2.45) is 5.73 Å². The van der Waals surface area contributed by atoms with Crippen molar-refractivity contribution >= 4 is 11.8 Å². The third-order valence-corrected chi connectivity index (χ3v) is 3.38. The molecule has 0 saturated carbocycles. The van der Waals surface area contributed by atoms with Crippen molar-refractivity contribution in [3.05, 3.63) is 53.1 Å². The summed E-state index contributed by atoms with van der Waals surface area (Å²) in [5.41, 5.74) is 8.11. The summed E-state index contributed by atoms with van der Waals surface area (Å²) in [5, 5.41) is 0.651. The van der Waals surface area contributed by atoms with Gasteiger partial charge in [0.1, 0.15) is 5.82 Å². The highest BCUT2D eigenvalue weighted by Gasteiger charge is 2.05. The molecule has 0 fully saturated rings. The van der Waals surface area contributed by atoms with Crippen LogP contribution >= 0.6 is 11.8 Å². The number of nitrogens with two attached hydrogens (primary N) is 1. The largest absolute Gasteiger partial charge is 0.326 e. The Hall–Kier alpha value is -1.46. The zero-order valence-corrected chi connectivity index (χ0v) is 10.9. The number of halogens is 1. The monoisotopic (exact) mass is 263 g/mol. The highest BCUT2D eigenvalue weighted by atomic mass is 32.2. The van der Waals surface area contributed by atoms with Gasteiger partial charge >= 0.3 is 0 Å². The number of hydrogen-bond donors (Lipinski definition) is 1. The van der Waals surface area contributed by atoms with E-state index in [1.165, 1.54) is 17.8 Å². The van der Waals surface area contributed by atoms with E-state index >= 15 is 0 Å². The van der Waals surface area contributed by atoms with E-state index in [0.29, 0.717) is 23.0 Å². The van der Waals surface area contributed by atoms with Crippen molar-refractivity contribution in [2.45, 2.75) is 24.4 Å². The molecule has 0 bridgehead atoms. The van der Waals surface area contributed by atoms with Gasteiger partial charge < -0.3 is 5.73 Å². The zero-order valence-electron chi connectivity index (χ0n) is 10.1. The predicted octanol–water partition coefficient (Wildman–Crippen LogP) is 2.68. The van der Waals surface area contributed by atoms with Gasteiger partial charge in [-0.15, -0.1) is 0 Å². The number of rotatable bonds is 4. The zero-order chi connectivity index (χ0) is 13.0. The Morgan fingerprint density at radius 2 is 2.00 bits per heavy atom. The fraction of sp³-hybridized carbons (Fsp3) is 0.231. The van der Waals surface area contributed by atoms with Crippen LogP contribution in [0.15, 0.2) is 35.7 Å². The minimum absolute atomic E-state index is 0.216. The van der Waals surface area contributed by atoms with E-state index in [0.717, 1.165) is 11.1 Å². The molecule has 0 spiro atoms. The Kier molecular flexibility index (Phi) is 4.28. The summed E-state index contributed by atoms with van der Waals surface area (Å²) in [6, 6.07) is 4.94. The Bertz CT molecular complexity index is 528. The van der Waals surface area contributed by atoms with E-state index in [1.807, 2.05) is 6.92 Å². The maximum Gasteiger partial charge on any atom is 0.187 e. The first-order valence-corrected chi connectivity index (χ1v) is 6.56. The number of aromatic nitrogens is 2. The topological polar surface area (TPSA) is 51.8 Å². The van der Waals surface area contributed by atoms with E-state index in [-0.39, 0.29) is 5.82 Å². The quantitative estimate of drug-likeness (QED) is 0.680. The molecule has 0 saturated heterocycles. The molecule has 1 heterocycles.